The van der Waals surface area contributed by atoms with Crippen LogP contribution in [0.2, 0.25) is 0 Å². The van der Waals surface area contributed by atoms with Gasteiger partial charge < -0.3 is 15.1 Å². The number of Topliss-reactive ketones (excluding diaryl/α,β-unsaturated/α-hetero) is 1. The molecule has 0 aliphatic heterocycles. The van der Waals surface area contributed by atoms with Crippen molar-refractivity contribution in [2.24, 2.45) is 0 Å². The summed E-state index contributed by atoms with van der Waals surface area (Å²) in [5.41, 5.74) is 0.415. The first-order valence-electron chi connectivity index (χ1n) is 9.30. The molecule has 0 aromatic carbocycles. The predicted octanol–water partition coefficient (Wildman–Crippen LogP) is 4.42. The van der Waals surface area contributed by atoms with Gasteiger partial charge in [-0.25, -0.2) is 4.79 Å². The minimum Gasteiger partial charge on any atom is -0.477 e. The molecule has 1 aliphatic carbocycles. The third-order valence-corrected chi connectivity index (χ3v) is 7.46. The molecule has 8 heteroatoms. The van der Waals surface area contributed by atoms with Crippen LogP contribution in [0.25, 0.3) is 9.75 Å². The molecule has 0 bridgehead atoms. The van der Waals surface area contributed by atoms with Crippen molar-refractivity contribution >= 4 is 46.0 Å². The summed E-state index contributed by atoms with van der Waals surface area (Å²) in [5, 5.41) is 19.5. The van der Waals surface area contributed by atoms with E-state index in [0.717, 1.165) is 21.1 Å². The highest BCUT2D eigenvalue weighted by molar-refractivity contribution is 7.24. The van der Waals surface area contributed by atoms with Gasteiger partial charge in [0.25, 0.3) is 0 Å². The Morgan fingerprint density at radius 2 is 1.79 bits per heavy atom. The minimum atomic E-state index is -1.07. The molecule has 2 heterocycles. The van der Waals surface area contributed by atoms with Gasteiger partial charge in [0.05, 0.1) is 16.7 Å². The van der Waals surface area contributed by atoms with E-state index in [0.29, 0.717) is 36.2 Å². The zero-order valence-corrected chi connectivity index (χ0v) is 17.4. The average Bonchev–Trinajstić information content (AvgIpc) is 3.30. The lowest BCUT2D eigenvalue weighted by atomic mass is 9.91. The number of thiophene rings is 2. The molecule has 2 N–H and O–H groups in total. The molecule has 2 aromatic rings. The van der Waals surface area contributed by atoms with Crippen molar-refractivity contribution in [3.8, 4) is 9.75 Å². The number of amides is 1. The topological polar surface area (TPSA) is 94.9 Å². The highest BCUT2D eigenvalue weighted by atomic mass is 32.1. The number of aliphatic hydroxyl groups excluding tert-OH is 1. The number of aliphatic hydroxyl groups is 1. The maximum absolute atomic E-state index is 12.7. The van der Waals surface area contributed by atoms with Crippen LogP contribution in [0.15, 0.2) is 18.2 Å². The molecule has 0 saturated heterocycles. The quantitative estimate of drug-likeness (QED) is 0.673. The highest BCUT2D eigenvalue weighted by Gasteiger charge is 2.32. The van der Waals surface area contributed by atoms with E-state index < -0.39 is 5.97 Å². The first kappa shape index (κ1) is 20.7. The van der Waals surface area contributed by atoms with Gasteiger partial charge in [0.2, 0.25) is 5.91 Å². The van der Waals surface area contributed by atoms with Gasteiger partial charge in [-0.15, -0.1) is 22.7 Å². The number of hydrogen-bond donors (Lipinski definition) is 2. The fourth-order valence-corrected chi connectivity index (χ4v) is 5.49. The molecule has 0 radical (unpaired) electrons. The number of anilines is 1. The number of carboxylic acid groups (broad SMARTS) is 1. The van der Waals surface area contributed by atoms with Crippen LogP contribution in [0.1, 0.15) is 65.3 Å². The second kappa shape index (κ2) is 8.55. The van der Waals surface area contributed by atoms with E-state index in [1.165, 1.54) is 18.3 Å². The molecule has 0 atom stereocenters. The standard InChI is InChI=1S/C20H23NO5S2/c1-3-18(24)21(12-4-6-13(23)7-5-12)14-10-17(28-19(14)20(25)26)16-9-8-15(27-16)11(2)22/h8-10,12-13,23H,3-7H2,1-2H3,(H,25,26). The number of ketones is 1. The van der Waals surface area contributed by atoms with E-state index in [-0.39, 0.29) is 35.1 Å². The van der Waals surface area contributed by atoms with E-state index in [1.54, 1.807) is 24.0 Å². The number of carboxylic acids is 1. The normalized spacial score (nSPS) is 19.4. The first-order chi connectivity index (χ1) is 13.3. The Labute approximate surface area is 171 Å². The Balaban J connectivity index is 2.03. The maximum Gasteiger partial charge on any atom is 0.348 e. The third kappa shape index (κ3) is 4.19. The summed E-state index contributed by atoms with van der Waals surface area (Å²) in [6, 6.07) is 5.18. The van der Waals surface area contributed by atoms with Crippen LogP contribution in [0.3, 0.4) is 0 Å². The van der Waals surface area contributed by atoms with Gasteiger partial charge in [-0.1, -0.05) is 6.92 Å². The molecule has 28 heavy (non-hydrogen) atoms. The van der Waals surface area contributed by atoms with Crippen molar-refractivity contribution in [3.05, 3.63) is 28.0 Å². The van der Waals surface area contributed by atoms with Crippen molar-refractivity contribution in [2.45, 2.75) is 58.1 Å². The van der Waals surface area contributed by atoms with Gasteiger partial charge in [0, 0.05) is 22.2 Å². The van der Waals surface area contributed by atoms with Gasteiger partial charge in [0.1, 0.15) is 4.88 Å². The lowest BCUT2D eigenvalue weighted by Gasteiger charge is -2.35. The summed E-state index contributed by atoms with van der Waals surface area (Å²) >= 11 is 2.44. The monoisotopic (exact) mass is 421 g/mol. The Morgan fingerprint density at radius 3 is 2.32 bits per heavy atom. The summed E-state index contributed by atoms with van der Waals surface area (Å²) in [5.74, 6) is -1.22. The Kier molecular flexibility index (Phi) is 6.32. The fraction of sp³-hybridized carbons (Fsp3) is 0.450. The highest BCUT2D eigenvalue weighted by Crippen LogP contribution is 2.42. The molecule has 0 unspecified atom stereocenters. The van der Waals surface area contributed by atoms with Crippen LogP contribution in [-0.4, -0.2) is 40.0 Å². The first-order valence-corrected chi connectivity index (χ1v) is 10.9. The van der Waals surface area contributed by atoms with Crippen LogP contribution in [0.5, 0.6) is 0 Å². The van der Waals surface area contributed by atoms with E-state index in [2.05, 4.69) is 0 Å². The lowest BCUT2D eigenvalue weighted by Crippen LogP contribution is -2.43. The predicted molar refractivity (Wildman–Crippen MR) is 111 cm³/mol. The number of rotatable bonds is 6. The van der Waals surface area contributed by atoms with Gasteiger partial charge in [-0.05, 0) is 50.8 Å². The summed E-state index contributed by atoms with van der Waals surface area (Å²) in [7, 11) is 0. The molecular weight excluding hydrogens is 398 g/mol. The molecule has 6 nitrogen and oxygen atoms in total. The lowest BCUT2D eigenvalue weighted by molar-refractivity contribution is -0.119. The molecule has 150 valence electrons. The van der Waals surface area contributed by atoms with E-state index in [9.17, 15) is 24.6 Å². The maximum atomic E-state index is 12.7. The molecule has 1 amide bonds. The van der Waals surface area contributed by atoms with Crippen LogP contribution >= 0.6 is 22.7 Å². The van der Waals surface area contributed by atoms with E-state index in [4.69, 9.17) is 0 Å². The molecule has 0 spiro atoms. The molecule has 1 saturated carbocycles. The summed E-state index contributed by atoms with van der Waals surface area (Å²) in [4.78, 5) is 40.1. The van der Waals surface area contributed by atoms with Crippen molar-refractivity contribution in [2.75, 3.05) is 4.90 Å². The molecule has 2 aromatic heterocycles. The van der Waals surface area contributed by atoms with Gasteiger partial charge >= 0.3 is 5.97 Å². The smallest absolute Gasteiger partial charge is 0.348 e. The number of carbonyl (C=O) groups is 3. The Morgan fingerprint density at radius 1 is 1.11 bits per heavy atom. The Hall–Kier alpha value is -2.03. The van der Waals surface area contributed by atoms with Crippen molar-refractivity contribution < 1.29 is 24.6 Å². The molecular formula is C20H23NO5S2. The van der Waals surface area contributed by atoms with Gasteiger partial charge in [0.15, 0.2) is 5.78 Å². The molecule has 1 aliphatic rings. The van der Waals surface area contributed by atoms with Gasteiger partial charge in [-0.3, -0.25) is 9.59 Å². The van der Waals surface area contributed by atoms with Crippen molar-refractivity contribution in [1.82, 2.24) is 0 Å². The Bertz CT molecular complexity index is 892. The number of carbonyl (C=O) groups excluding carboxylic acids is 2. The summed E-state index contributed by atoms with van der Waals surface area (Å²) in [6.45, 7) is 3.26. The minimum absolute atomic E-state index is 0.0324. The van der Waals surface area contributed by atoms with E-state index >= 15 is 0 Å². The zero-order valence-electron chi connectivity index (χ0n) is 15.8. The fourth-order valence-electron chi connectivity index (χ4n) is 3.52. The van der Waals surface area contributed by atoms with Crippen LogP contribution in [0, 0.1) is 0 Å². The third-order valence-electron chi connectivity index (χ3n) is 4.96. The van der Waals surface area contributed by atoms with E-state index in [1.807, 2.05) is 6.07 Å². The van der Waals surface area contributed by atoms with Gasteiger partial charge in [-0.2, -0.15) is 0 Å². The summed E-state index contributed by atoms with van der Waals surface area (Å²) in [6.07, 6.45) is 2.41. The number of nitrogens with zero attached hydrogens (tertiary/aromatic N) is 1. The second-order valence-corrected chi connectivity index (χ2v) is 9.07. The number of hydrogen-bond acceptors (Lipinski definition) is 6. The van der Waals surface area contributed by atoms with Crippen molar-refractivity contribution in [3.63, 3.8) is 0 Å². The average molecular weight is 422 g/mol. The largest absolute Gasteiger partial charge is 0.477 e. The second-order valence-electron chi connectivity index (χ2n) is 6.93. The SMILES string of the molecule is CCC(=O)N(c1cc(-c2ccc(C(C)=O)s2)sc1C(=O)O)C1CCC(O)CC1. The van der Waals surface area contributed by atoms with Crippen LogP contribution in [0.4, 0.5) is 5.69 Å². The molecule has 3 rings (SSSR count). The van der Waals surface area contributed by atoms with Crippen LogP contribution in [-0.2, 0) is 4.79 Å². The zero-order chi connectivity index (χ0) is 20.4. The summed E-state index contributed by atoms with van der Waals surface area (Å²) < 4.78 is 0. The number of aromatic carboxylic acids is 1. The van der Waals surface area contributed by atoms with Crippen molar-refractivity contribution in [1.29, 1.82) is 0 Å². The van der Waals surface area contributed by atoms with Crippen LogP contribution < -0.4 is 4.90 Å². The molecule has 1 fully saturated rings.